The van der Waals surface area contributed by atoms with Gasteiger partial charge in [-0.2, -0.15) is 0 Å². The van der Waals surface area contributed by atoms with Crippen LogP contribution in [0, 0.1) is 0 Å². The van der Waals surface area contributed by atoms with Gasteiger partial charge in [0.25, 0.3) is 0 Å². The molecule has 1 rings (SSSR count). The number of halogens is 1. The van der Waals surface area contributed by atoms with Gasteiger partial charge in [0, 0.05) is 13.1 Å². The highest BCUT2D eigenvalue weighted by molar-refractivity contribution is 9.11. The first-order valence-electron chi connectivity index (χ1n) is 4.30. The Hall–Kier alpha value is -0.600. The van der Waals surface area contributed by atoms with Gasteiger partial charge in [-0.05, 0) is 17.6 Å². The molecule has 0 spiro atoms. The molecule has 0 aliphatic rings. The number of hydrogen-bond donors (Lipinski definition) is 0. The number of benzene rings is 1. The van der Waals surface area contributed by atoms with E-state index in [1.807, 2.05) is 11.1 Å². The highest BCUT2D eigenvalue weighted by Gasteiger charge is 1.95. The average Bonchev–Trinajstić information content (AvgIpc) is 2.16. The van der Waals surface area contributed by atoms with Crippen LogP contribution in [0.5, 0.6) is 0 Å². The molecule has 0 aliphatic heterocycles. The largest absolute Gasteiger partial charge is 0.298 e. The summed E-state index contributed by atoms with van der Waals surface area (Å²) in [6, 6.07) is 10.5. The van der Waals surface area contributed by atoms with Crippen LogP contribution in [0.3, 0.4) is 0 Å². The molecule has 0 heterocycles. The summed E-state index contributed by atoms with van der Waals surface area (Å²) in [7, 11) is 2.11. The highest BCUT2D eigenvalue weighted by atomic mass is 79.9. The fourth-order valence-corrected chi connectivity index (χ4v) is 1.35. The minimum absolute atomic E-state index is 0.972. The Bertz CT molecular complexity index is 256. The normalized spacial score (nSPS) is 11.3. The second kappa shape index (κ2) is 5.95. The van der Waals surface area contributed by atoms with Crippen molar-refractivity contribution in [2.45, 2.75) is 6.54 Å². The summed E-state index contributed by atoms with van der Waals surface area (Å²) in [6.45, 7) is 1.97. The molecule has 0 saturated carbocycles. The van der Waals surface area contributed by atoms with Gasteiger partial charge in [0.05, 0.1) is 0 Å². The predicted octanol–water partition coefficient (Wildman–Crippen LogP) is 3.03. The SMILES string of the molecule is CN(C/C=C/Br)Cc1ccccc1. The molecular formula is C11H14BrN. The lowest BCUT2D eigenvalue weighted by Gasteiger charge is -2.13. The van der Waals surface area contributed by atoms with Crippen molar-refractivity contribution in [3.05, 3.63) is 47.0 Å². The van der Waals surface area contributed by atoms with Crippen molar-refractivity contribution in [3.63, 3.8) is 0 Å². The summed E-state index contributed by atoms with van der Waals surface area (Å²) in [4.78, 5) is 4.15. The van der Waals surface area contributed by atoms with Crippen LogP contribution in [0.1, 0.15) is 5.56 Å². The molecular weight excluding hydrogens is 226 g/mol. The standard InChI is InChI=1S/C11H14BrN/c1-13(9-5-8-12)10-11-6-3-2-4-7-11/h2-8H,9-10H2,1H3/b8-5+. The molecule has 0 bridgehead atoms. The fourth-order valence-electron chi connectivity index (χ4n) is 1.18. The summed E-state index contributed by atoms with van der Waals surface area (Å²) >= 11 is 3.26. The Kier molecular flexibility index (Phi) is 4.79. The molecule has 2 heteroatoms. The summed E-state index contributed by atoms with van der Waals surface area (Å²) in [6.07, 6.45) is 2.09. The third kappa shape index (κ3) is 4.25. The summed E-state index contributed by atoms with van der Waals surface area (Å²) in [5, 5.41) is 0. The van der Waals surface area contributed by atoms with E-state index in [1.54, 1.807) is 0 Å². The van der Waals surface area contributed by atoms with Gasteiger partial charge in [-0.1, -0.05) is 52.3 Å². The molecule has 0 aromatic heterocycles. The molecule has 0 aliphatic carbocycles. The maximum atomic E-state index is 3.26. The molecule has 13 heavy (non-hydrogen) atoms. The van der Waals surface area contributed by atoms with Crippen LogP contribution in [-0.4, -0.2) is 18.5 Å². The van der Waals surface area contributed by atoms with Crippen molar-refractivity contribution in [3.8, 4) is 0 Å². The molecule has 0 radical (unpaired) electrons. The van der Waals surface area contributed by atoms with Gasteiger partial charge in [0.15, 0.2) is 0 Å². The number of nitrogens with zero attached hydrogens (tertiary/aromatic N) is 1. The first kappa shape index (κ1) is 10.5. The lowest BCUT2D eigenvalue weighted by atomic mass is 10.2. The third-order valence-corrected chi connectivity index (χ3v) is 2.18. The van der Waals surface area contributed by atoms with Crippen molar-refractivity contribution in [1.29, 1.82) is 0 Å². The first-order valence-corrected chi connectivity index (χ1v) is 5.22. The Balaban J connectivity index is 2.40. The maximum Gasteiger partial charge on any atom is 0.0233 e. The van der Waals surface area contributed by atoms with Crippen LogP contribution < -0.4 is 0 Å². The van der Waals surface area contributed by atoms with Crippen LogP contribution in [0.25, 0.3) is 0 Å². The van der Waals surface area contributed by atoms with E-state index >= 15 is 0 Å². The fraction of sp³-hybridized carbons (Fsp3) is 0.273. The maximum absolute atomic E-state index is 3.26. The summed E-state index contributed by atoms with van der Waals surface area (Å²) in [5.41, 5.74) is 1.35. The molecule has 0 fully saturated rings. The molecule has 0 unspecified atom stereocenters. The zero-order valence-corrected chi connectivity index (χ0v) is 9.37. The summed E-state index contributed by atoms with van der Waals surface area (Å²) < 4.78 is 0. The van der Waals surface area contributed by atoms with Gasteiger partial charge in [0.2, 0.25) is 0 Å². The van der Waals surface area contributed by atoms with Gasteiger partial charge in [-0.15, -0.1) is 0 Å². The van der Waals surface area contributed by atoms with Crippen molar-refractivity contribution in [2.24, 2.45) is 0 Å². The molecule has 0 saturated heterocycles. The van der Waals surface area contributed by atoms with Crippen molar-refractivity contribution < 1.29 is 0 Å². The lowest BCUT2D eigenvalue weighted by Crippen LogP contribution is -2.17. The quantitative estimate of drug-likeness (QED) is 0.781. The van der Waals surface area contributed by atoms with Gasteiger partial charge in [-0.25, -0.2) is 0 Å². The van der Waals surface area contributed by atoms with Crippen LogP contribution in [0.15, 0.2) is 41.4 Å². The van der Waals surface area contributed by atoms with Crippen molar-refractivity contribution in [2.75, 3.05) is 13.6 Å². The third-order valence-electron chi connectivity index (χ3n) is 1.80. The zero-order chi connectivity index (χ0) is 9.52. The number of rotatable bonds is 4. The minimum Gasteiger partial charge on any atom is -0.298 e. The first-order chi connectivity index (χ1) is 6.33. The van der Waals surface area contributed by atoms with E-state index in [0.29, 0.717) is 0 Å². The van der Waals surface area contributed by atoms with E-state index in [9.17, 15) is 0 Å². The minimum atomic E-state index is 0.972. The molecule has 1 aromatic carbocycles. The Morgan fingerprint density at radius 1 is 1.31 bits per heavy atom. The predicted molar refractivity (Wildman–Crippen MR) is 60.8 cm³/mol. The lowest BCUT2D eigenvalue weighted by molar-refractivity contribution is 0.363. The zero-order valence-electron chi connectivity index (χ0n) is 7.78. The van der Waals surface area contributed by atoms with E-state index in [2.05, 4.69) is 58.2 Å². The summed E-state index contributed by atoms with van der Waals surface area (Å²) in [5.74, 6) is 0. The molecule has 0 N–H and O–H groups in total. The number of likely N-dealkylation sites (N-methyl/N-ethyl adjacent to an activating group) is 1. The number of hydrogen-bond acceptors (Lipinski definition) is 1. The van der Waals surface area contributed by atoms with Crippen LogP contribution in [0.4, 0.5) is 0 Å². The van der Waals surface area contributed by atoms with Crippen LogP contribution in [0.2, 0.25) is 0 Å². The van der Waals surface area contributed by atoms with Gasteiger partial charge in [-0.3, -0.25) is 4.90 Å². The van der Waals surface area contributed by atoms with E-state index in [4.69, 9.17) is 0 Å². The Morgan fingerprint density at radius 2 is 2.00 bits per heavy atom. The van der Waals surface area contributed by atoms with E-state index in [0.717, 1.165) is 13.1 Å². The van der Waals surface area contributed by atoms with Crippen LogP contribution >= 0.6 is 15.9 Å². The monoisotopic (exact) mass is 239 g/mol. The highest BCUT2D eigenvalue weighted by Crippen LogP contribution is 2.02. The van der Waals surface area contributed by atoms with E-state index in [1.165, 1.54) is 5.56 Å². The second-order valence-corrected chi connectivity index (χ2v) is 3.57. The molecule has 0 atom stereocenters. The Labute approximate surface area is 88.2 Å². The topological polar surface area (TPSA) is 3.24 Å². The van der Waals surface area contributed by atoms with Crippen LogP contribution in [-0.2, 0) is 6.54 Å². The molecule has 0 amide bonds. The average molecular weight is 240 g/mol. The smallest absolute Gasteiger partial charge is 0.0233 e. The Morgan fingerprint density at radius 3 is 2.62 bits per heavy atom. The molecule has 1 aromatic rings. The van der Waals surface area contributed by atoms with Gasteiger partial charge in [0.1, 0.15) is 0 Å². The second-order valence-electron chi connectivity index (χ2n) is 3.04. The van der Waals surface area contributed by atoms with Crippen molar-refractivity contribution in [1.82, 2.24) is 4.90 Å². The van der Waals surface area contributed by atoms with Gasteiger partial charge >= 0.3 is 0 Å². The van der Waals surface area contributed by atoms with Gasteiger partial charge < -0.3 is 0 Å². The van der Waals surface area contributed by atoms with E-state index < -0.39 is 0 Å². The van der Waals surface area contributed by atoms with E-state index in [-0.39, 0.29) is 0 Å². The molecule has 1 nitrogen and oxygen atoms in total. The van der Waals surface area contributed by atoms with Crippen molar-refractivity contribution >= 4 is 15.9 Å². The molecule has 70 valence electrons.